The van der Waals surface area contributed by atoms with Crippen molar-refractivity contribution in [3.8, 4) is 0 Å². The van der Waals surface area contributed by atoms with E-state index in [9.17, 15) is 29.4 Å². The zero-order valence-corrected chi connectivity index (χ0v) is 23.6. The lowest BCUT2D eigenvalue weighted by Crippen LogP contribution is -2.60. The van der Waals surface area contributed by atoms with Gasteiger partial charge in [-0.2, -0.15) is 0 Å². The zero-order chi connectivity index (χ0) is 30.7. The summed E-state index contributed by atoms with van der Waals surface area (Å²) in [7, 11) is 0. The number of carboxylic acid groups (broad SMARTS) is 1. The first kappa shape index (κ1) is 33.0. The summed E-state index contributed by atoms with van der Waals surface area (Å²) in [6.07, 6.45) is 1.22. The van der Waals surface area contributed by atoms with Gasteiger partial charge in [0.25, 0.3) is 0 Å². The van der Waals surface area contributed by atoms with Gasteiger partial charge in [-0.15, -0.1) is 0 Å². The summed E-state index contributed by atoms with van der Waals surface area (Å²) in [5.74, 6) is -3.54. The smallest absolute Gasteiger partial charge is 0.326 e. The van der Waals surface area contributed by atoms with Gasteiger partial charge in [0.2, 0.25) is 17.7 Å². The van der Waals surface area contributed by atoms with Crippen molar-refractivity contribution in [1.29, 1.82) is 0 Å². The maximum Gasteiger partial charge on any atom is 0.326 e. The van der Waals surface area contributed by atoms with Crippen LogP contribution in [0, 0.1) is 5.92 Å². The average molecular weight is 575 g/mol. The number of nitrogens with zero attached hydrogens (tertiary/aromatic N) is 1. The molecule has 5 unspecified atom stereocenters. The predicted octanol–water partition coefficient (Wildman–Crippen LogP) is -0.943. The third kappa shape index (κ3) is 10.4. The summed E-state index contributed by atoms with van der Waals surface area (Å²) in [6, 6.07) is 2.55. The first-order valence-corrected chi connectivity index (χ1v) is 13.5. The molecular weight excluding hydrogens is 532 g/mol. The molecular formula is C27H42N8O6. The lowest BCUT2D eigenvalue weighted by atomic mass is 10.0. The van der Waals surface area contributed by atoms with Crippen LogP contribution in [0.25, 0.3) is 10.9 Å². The number of rotatable bonds is 16. The molecule has 0 aliphatic rings. The minimum Gasteiger partial charge on any atom is -0.480 e. The van der Waals surface area contributed by atoms with Gasteiger partial charge in [-0.05, 0) is 43.7 Å². The van der Waals surface area contributed by atoms with Crippen molar-refractivity contribution < 1.29 is 29.4 Å². The van der Waals surface area contributed by atoms with Gasteiger partial charge in [0.1, 0.15) is 18.1 Å². The second-order valence-corrected chi connectivity index (χ2v) is 10.4. The molecule has 1 aromatic carbocycles. The van der Waals surface area contributed by atoms with Crippen LogP contribution in [0.1, 0.15) is 45.6 Å². The highest BCUT2D eigenvalue weighted by atomic mass is 16.4. The molecule has 2 rings (SSSR count). The van der Waals surface area contributed by atoms with Gasteiger partial charge in [-0.25, -0.2) is 4.79 Å². The number of aliphatic hydroxyl groups is 1. The largest absolute Gasteiger partial charge is 0.480 e. The fourth-order valence-corrected chi connectivity index (χ4v) is 4.27. The third-order valence-corrected chi connectivity index (χ3v) is 6.42. The van der Waals surface area contributed by atoms with Gasteiger partial charge in [-0.1, -0.05) is 32.0 Å². The molecule has 5 atom stereocenters. The van der Waals surface area contributed by atoms with Crippen LogP contribution < -0.4 is 33.2 Å². The highest BCUT2D eigenvalue weighted by Gasteiger charge is 2.33. The molecule has 12 N–H and O–H groups in total. The van der Waals surface area contributed by atoms with Crippen molar-refractivity contribution in [3.63, 3.8) is 0 Å². The number of hydrogen-bond acceptors (Lipinski definition) is 7. The second-order valence-electron chi connectivity index (χ2n) is 10.4. The molecule has 0 aliphatic carbocycles. The van der Waals surface area contributed by atoms with E-state index in [1.54, 1.807) is 6.20 Å². The number of para-hydroxylation sites is 1. The summed E-state index contributed by atoms with van der Waals surface area (Å²) in [5, 5.41) is 28.4. The average Bonchev–Trinajstić information content (AvgIpc) is 3.30. The molecule has 1 aromatic heterocycles. The molecule has 2 aromatic rings. The van der Waals surface area contributed by atoms with Gasteiger partial charge in [0.05, 0.1) is 12.1 Å². The minimum atomic E-state index is -1.48. The van der Waals surface area contributed by atoms with E-state index in [4.69, 9.17) is 17.2 Å². The molecule has 0 aliphatic heterocycles. The second kappa shape index (κ2) is 15.6. The summed E-state index contributed by atoms with van der Waals surface area (Å²) >= 11 is 0. The summed E-state index contributed by atoms with van der Waals surface area (Å²) in [5.41, 5.74) is 18.0. The van der Waals surface area contributed by atoms with Crippen molar-refractivity contribution in [3.05, 3.63) is 36.0 Å². The molecule has 14 heteroatoms. The van der Waals surface area contributed by atoms with Crippen molar-refractivity contribution in [2.24, 2.45) is 28.1 Å². The van der Waals surface area contributed by atoms with Crippen molar-refractivity contribution in [1.82, 2.24) is 20.9 Å². The Morgan fingerprint density at radius 2 is 1.63 bits per heavy atom. The molecule has 3 amide bonds. The quantitative estimate of drug-likeness (QED) is 0.0680. The number of aliphatic hydroxyl groups excluding tert-OH is 1. The Bertz CT molecular complexity index is 1220. The monoisotopic (exact) mass is 574 g/mol. The maximum absolute atomic E-state index is 13.2. The number of carbonyl (C=O) groups is 4. The number of benzene rings is 1. The third-order valence-electron chi connectivity index (χ3n) is 6.42. The molecule has 14 nitrogen and oxygen atoms in total. The molecule has 0 spiro atoms. The van der Waals surface area contributed by atoms with E-state index in [-0.39, 0.29) is 31.1 Å². The van der Waals surface area contributed by atoms with Crippen LogP contribution in [0.15, 0.2) is 35.5 Å². The summed E-state index contributed by atoms with van der Waals surface area (Å²) < 4.78 is 0. The van der Waals surface area contributed by atoms with Crippen molar-refractivity contribution in [2.45, 2.75) is 76.7 Å². The van der Waals surface area contributed by atoms with E-state index in [0.29, 0.717) is 18.5 Å². The number of nitrogens with two attached hydrogens (primary N) is 3. The Balaban J connectivity index is 2.09. The van der Waals surface area contributed by atoms with Gasteiger partial charge in [0, 0.05) is 30.1 Å². The van der Waals surface area contributed by atoms with E-state index in [1.165, 1.54) is 6.92 Å². The molecule has 41 heavy (non-hydrogen) atoms. The number of nitrogens with one attached hydrogen (secondary N) is 4. The van der Waals surface area contributed by atoms with E-state index in [1.807, 2.05) is 38.1 Å². The lowest BCUT2D eigenvalue weighted by Gasteiger charge is -2.27. The van der Waals surface area contributed by atoms with Crippen LogP contribution in [-0.4, -0.2) is 81.7 Å². The zero-order valence-electron chi connectivity index (χ0n) is 23.6. The first-order chi connectivity index (χ1) is 19.3. The van der Waals surface area contributed by atoms with Gasteiger partial charge in [-0.3, -0.25) is 19.4 Å². The van der Waals surface area contributed by atoms with Crippen LogP contribution in [0.5, 0.6) is 0 Å². The number of carboxylic acids is 1. The standard InChI is InChI=1S/C27H42N8O6/c1-14(2)11-20(33-23(37)18(28)8-6-10-31-27(29)30)24(38)35-22(15(3)36)25(39)34-21(26(40)41)12-16-13-32-19-9-5-4-7-17(16)19/h4-5,7,9,13-15,18,20-22,32,36H,6,8,10-12,28H2,1-3H3,(H,33,37)(H,34,39)(H,35,38)(H,40,41)(H4,29,30,31). The number of aliphatic imine (C=N–C) groups is 1. The van der Waals surface area contributed by atoms with Gasteiger partial charge in [0.15, 0.2) is 5.96 Å². The molecule has 0 bridgehead atoms. The van der Waals surface area contributed by atoms with E-state index >= 15 is 0 Å². The Morgan fingerprint density at radius 1 is 0.976 bits per heavy atom. The van der Waals surface area contributed by atoms with Gasteiger partial charge < -0.3 is 48.3 Å². The van der Waals surface area contributed by atoms with E-state index in [0.717, 1.165) is 10.9 Å². The maximum atomic E-state index is 13.2. The molecule has 0 radical (unpaired) electrons. The lowest BCUT2D eigenvalue weighted by molar-refractivity contribution is -0.143. The van der Waals surface area contributed by atoms with Crippen molar-refractivity contribution >= 4 is 40.6 Å². The number of amides is 3. The van der Waals surface area contributed by atoms with Gasteiger partial charge >= 0.3 is 5.97 Å². The Morgan fingerprint density at radius 3 is 2.24 bits per heavy atom. The number of hydrogen-bond donors (Lipinski definition) is 9. The van der Waals surface area contributed by atoms with Crippen molar-refractivity contribution in [2.75, 3.05) is 6.54 Å². The first-order valence-electron chi connectivity index (χ1n) is 13.5. The molecule has 0 saturated carbocycles. The van der Waals surface area contributed by atoms with E-state index in [2.05, 4.69) is 25.9 Å². The number of aliphatic carboxylic acids is 1. The number of guanidine groups is 1. The molecule has 0 fully saturated rings. The number of aromatic amines is 1. The number of H-pyrrole nitrogens is 1. The fraction of sp³-hybridized carbons (Fsp3) is 0.519. The Hall–Kier alpha value is -4.17. The normalized spacial score (nSPS) is 14.9. The molecule has 1 heterocycles. The number of fused-ring (bicyclic) bond motifs is 1. The topological polar surface area (TPSA) is 251 Å². The van der Waals surface area contributed by atoms with Crippen LogP contribution in [0.2, 0.25) is 0 Å². The molecule has 226 valence electrons. The van der Waals surface area contributed by atoms with Crippen LogP contribution in [-0.2, 0) is 25.6 Å². The minimum absolute atomic E-state index is 0.0180. The Kier molecular flexibility index (Phi) is 12.5. The molecule has 0 saturated heterocycles. The highest BCUT2D eigenvalue weighted by molar-refractivity contribution is 5.94. The van der Waals surface area contributed by atoms with Crippen LogP contribution in [0.4, 0.5) is 0 Å². The number of aromatic nitrogens is 1. The highest BCUT2D eigenvalue weighted by Crippen LogP contribution is 2.19. The summed E-state index contributed by atoms with van der Waals surface area (Å²) in [4.78, 5) is 57.9. The SMILES string of the molecule is CC(C)CC(NC(=O)C(N)CCCN=C(N)N)C(=O)NC(C(=O)NC(Cc1c[nH]c2ccccc12)C(=O)O)C(C)O. The number of carbonyl (C=O) groups excluding carboxylic acids is 3. The Labute approximate surface area is 238 Å². The van der Waals surface area contributed by atoms with Crippen LogP contribution in [0.3, 0.4) is 0 Å². The summed E-state index contributed by atoms with van der Waals surface area (Å²) in [6.45, 7) is 5.29. The predicted molar refractivity (Wildman–Crippen MR) is 154 cm³/mol. The van der Waals surface area contributed by atoms with Crippen LogP contribution >= 0.6 is 0 Å². The fourth-order valence-electron chi connectivity index (χ4n) is 4.27. The van der Waals surface area contributed by atoms with E-state index < -0.39 is 54.0 Å².